The largest absolute Gasteiger partial charge is 0.390 e. The Hall–Kier alpha value is -2.30. The van der Waals surface area contributed by atoms with Gasteiger partial charge in [0.15, 0.2) is 0 Å². The molecule has 2 aromatic rings. The number of halogens is 3. The molecule has 0 saturated carbocycles. The van der Waals surface area contributed by atoms with E-state index in [0.717, 1.165) is 0 Å². The first-order valence-electron chi connectivity index (χ1n) is 5.86. The highest BCUT2D eigenvalue weighted by molar-refractivity contribution is 5.79. The second kappa shape index (κ2) is 6.75. The number of hydrogen-bond donors (Lipinski definition) is 0. The van der Waals surface area contributed by atoms with Gasteiger partial charge >= 0.3 is 0 Å². The third-order valence-electron chi connectivity index (χ3n) is 2.57. The van der Waals surface area contributed by atoms with Crippen molar-refractivity contribution in [1.82, 2.24) is 0 Å². The molecule has 0 aliphatic carbocycles. The van der Waals surface area contributed by atoms with Gasteiger partial charge in [0.05, 0.1) is 0 Å². The van der Waals surface area contributed by atoms with Gasteiger partial charge in [0.1, 0.15) is 18.6 Å². The van der Waals surface area contributed by atoms with Crippen LogP contribution in [0.4, 0.5) is 13.2 Å². The van der Waals surface area contributed by atoms with Crippen molar-refractivity contribution in [3.05, 3.63) is 71.0 Å². The summed E-state index contributed by atoms with van der Waals surface area (Å²) in [5, 5.41) is 3.52. The molecule has 0 aliphatic heterocycles. The Morgan fingerprint density at radius 3 is 2.40 bits per heavy atom. The van der Waals surface area contributed by atoms with E-state index >= 15 is 0 Å². The predicted molar refractivity (Wildman–Crippen MR) is 69.1 cm³/mol. The molecule has 0 bridgehead atoms. The van der Waals surface area contributed by atoms with Gasteiger partial charge in [-0.3, -0.25) is 0 Å². The molecular formula is C15H11F3NO. The normalized spacial score (nSPS) is 11.2. The molecule has 20 heavy (non-hydrogen) atoms. The molecule has 0 atom stereocenters. The van der Waals surface area contributed by atoms with E-state index in [-0.39, 0.29) is 17.7 Å². The minimum atomic E-state index is -2.49. The molecule has 2 aromatic carbocycles. The second-order valence-electron chi connectivity index (χ2n) is 4.00. The molecule has 0 amide bonds. The molecule has 2 rings (SSSR count). The van der Waals surface area contributed by atoms with Gasteiger partial charge in [0.25, 0.3) is 6.43 Å². The third-order valence-corrected chi connectivity index (χ3v) is 2.57. The third kappa shape index (κ3) is 3.85. The summed E-state index contributed by atoms with van der Waals surface area (Å²) in [6.45, 7) is 0.102. The van der Waals surface area contributed by atoms with Gasteiger partial charge < -0.3 is 4.84 Å². The average Bonchev–Trinajstić information content (AvgIpc) is 2.46. The number of nitrogens with zero attached hydrogens (tertiary/aromatic N) is 1. The first-order valence-corrected chi connectivity index (χ1v) is 5.86. The summed E-state index contributed by atoms with van der Waals surface area (Å²) >= 11 is 0. The van der Waals surface area contributed by atoms with Crippen LogP contribution in [0.1, 0.15) is 23.1 Å². The Bertz CT molecular complexity index is 582. The van der Waals surface area contributed by atoms with Crippen LogP contribution in [0.25, 0.3) is 0 Å². The summed E-state index contributed by atoms with van der Waals surface area (Å²) in [6.07, 6.45) is -0.0680. The lowest BCUT2D eigenvalue weighted by Crippen LogP contribution is -1.91. The highest BCUT2D eigenvalue weighted by Crippen LogP contribution is 2.18. The minimum Gasteiger partial charge on any atom is -0.390 e. The highest BCUT2D eigenvalue weighted by atomic mass is 19.3. The van der Waals surface area contributed by atoms with Gasteiger partial charge in [-0.05, 0) is 17.7 Å². The van der Waals surface area contributed by atoms with E-state index in [9.17, 15) is 13.2 Å². The topological polar surface area (TPSA) is 21.6 Å². The smallest absolute Gasteiger partial charge is 0.263 e. The van der Waals surface area contributed by atoms with Crippen LogP contribution >= 0.6 is 0 Å². The van der Waals surface area contributed by atoms with Gasteiger partial charge in [-0.1, -0.05) is 41.6 Å². The van der Waals surface area contributed by atoms with E-state index in [1.54, 1.807) is 12.1 Å². The molecule has 0 fully saturated rings. The molecule has 0 aliphatic rings. The molecule has 0 heterocycles. The van der Waals surface area contributed by atoms with Crippen molar-refractivity contribution in [2.45, 2.75) is 13.0 Å². The Kier molecular flexibility index (Phi) is 4.76. The summed E-state index contributed by atoms with van der Waals surface area (Å²) < 4.78 is 37.9. The Labute approximate surface area is 114 Å². The standard InChI is InChI=1S/C15H11F3NO/c16-14-4-2-1-3-13(14)9-19-20-10-11-5-7-12(8-6-11)15(17)18/h1-8,15H,10H2. The van der Waals surface area contributed by atoms with Gasteiger partial charge in [0, 0.05) is 11.1 Å². The van der Waals surface area contributed by atoms with Crippen molar-refractivity contribution >= 4 is 6.21 Å². The molecule has 103 valence electrons. The zero-order valence-electron chi connectivity index (χ0n) is 10.4. The van der Waals surface area contributed by atoms with Crippen LogP contribution in [0.3, 0.4) is 0 Å². The first-order chi connectivity index (χ1) is 9.66. The number of rotatable bonds is 5. The van der Waals surface area contributed by atoms with Crippen molar-refractivity contribution < 1.29 is 18.0 Å². The lowest BCUT2D eigenvalue weighted by Gasteiger charge is -2.02. The van der Waals surface area contributed by atoms with E-state index in [1.165, 1.54) is 36.4 Å². The van der Waals surface area contributed by atoms with Gasteiger partial charge in [0.2, 0.25) is 0 Å². The SMILES string of the molecule is Fc1ccccc1/[C]=N\OCc1ccc(C(F)F)cc1. The Morgan fingerprint density at radius 2 is 1.75 bits per heavy atom. The van der Waals surface area contributed by atoms with E-state index in [4.69, 9.17) is 4.84 Å². The van der Waals surface area contributed by atoms with Crippen molar-refractivity contribution in [3.63, 3.8) is 0 Å². The maximum absolute atomic E-state index is 13.2. The first kappa shape index (κ1) is 14.1. The second-order valence-corrected chi connectivity index (χ2v) is 4.00. The zero-order chi connectivity index (χ0) is 14.4. The van der Waals surface area contributed by atoms with Gasteiger partial charge in [-0.15, -0.1) is 0 Å². The summed E-state index contributed by atoms with van der Waals surface area (Å²) in [7, 11) is 0. The van der Waals surface area contributed by atoms with E-state index in [1.807, 2.05) is 0 Å². The summed E-state index contributed by atoms with van der Waals surface area (Å²) in [5.41, 5.74) is 0.837. The average molecular weight is 278 g/mol. The molecule has 0 saturated heterocycles. The molecule has 0 N–H and O–H groups in total. The molecule has 5 heteroatoms. The van der Waals surface area contributed by atoms with Gasteiger partial charge in [-0.25, -0.2) is 13.2 Å². The van der Waals surface area contributed by atoms with Crippen molar-refractivity contribution in [2.75, 3.05) is 0 Å². The maximum Gasteiger partial charge on any atom is 0.263 e. The monoisotopic (exact) mass is 278 g/mol. The minimum absolute atomic E-state index is 0.0461. The van der Waals surface area contributed by atoms with Gasteiger partial charge in [-0.2, -0.15) is 0 Å². The van der Waals surface area contributed by atoms with Crippen LogP contribution in [0.5, 0.6) is 0 Å². The van der Waals surface area contributed by atoms with Crippen molar-refractivity contribution in [2.24, 2.45) is 5.16 Å². The number of alkyl halides is 2. The molecular weight excluding hydrogens is 267 g/mol. The lowest BCUT2D eigenvalue weighted by molar-refractivity contribution is 0.131. The fourth-order valence-corrected chi connectivity index (χ4v) is 1.50. The lowest BCUT2D eigenvalue weighted by atomic mass is 10.1. The van der Waals surface area contributed by atoms with Crippen molar-refractivity contribution in [1.29, 1.82) is 0 Å². The van der Waals surface area contributed by atoms with E-state index < -0.39 is 12.2 Å². The Morgan fingerprint density at radius 1 is 1.05 bits per heavy atom. The highest BCUT2D eigenvalue weighted by Gasteiger charge is 2.05. The quantitative estimate of drug-likeness (QED) is 0.593. The number of benzene rings is 2. The summed E-state index contributed by atoms with van der Waals surface area (Å²) in [6, 6.07) is 11.7. The molecule has 0 unspecified atom stereocenters. The van der Waals surface area contributed by atoms with Crippen LogP contribution in [0, 0.1) is 5.82 Å². The van der Waals surface area contributed by atoms with Crippen LogP contribution in [0.15, 0.2) is 53.7 Å². The summed E-state index contributed by atoms with van der Waals surface area (Å²) in [4.78, 5) is 4.94. The fourth-order valence-electron chi connectivity index (χ4n) is 1.50. The fraction of sp³-hybridized carbons (Fsp3) is 0.133. The van der Waals surface area contributed by atoms with Crippen LogP contribution in [0.2, 0.25) is 0 Å². The van der Waals surface area contributed by atoms with Crippen LogP contribution in [-0.2, 0) is 11.4 Å². The molecule has 0 spiro atoms. The molecule has 0 aromatic heterocycles. The van der Waals surface area contributed by atoms with E-state index in [0.29, 0.717) is 5.56 Å². The molecule has 1 radical (unpaired) electrons. The van der Waals surface area contributed by atoms with E-state index in [2.05, 4.69) is 11.4 Å². The van der Waals surface area contributed by atoms with Crippen LogP contribution in [-0.4, -0.2) is 6.21 Å². The summed E-state index contributed by atoms with van der Waals surface area (Å²) in [5.74, 6) is -0.443. The van der Waals surface area contributed by atoms with Crippen LogP contribution < -0.4 is 0 Å². The zero-order valence-corrected chi connectivity index (χ0v) is 10.4. The number of hydrogen-bond acceptors (Lipinski definition) is 2. The Balaban J connectivity index is 1.88. The maximum atomic E-state index is 13.2. The predicted octanol–water partition coefficient (Wildman–Crippen LogP) is 4.19. The molecule has 2 nitrogen and oxygen atoms in total. The van der Waals surface area contributed by atoms with Crippen molar-refractivity contribution in [3.8, 4) is 0 Å².